The molecule has 0 bridgehead atoms. The van der Waals surface area contributed by atoms with Crippen molar-refractivity contribution in [3.8, 4) is 0 Å². The van der Waals surface area contributed by atoms with Crippen LogP contribution in [-0.2, 0) is 6.54 Å². The van der Waals surface area contributed by atoms with Gasteiger partial charge in [-0.1, -0.05) is 29.8 Å². The second kappa shape index (κ2) is 5.11. The molecule has 3 rings (SSSR count). The summed E-state index contributed by atoms with van der Waals surface area (Å²) < 4.78 is 15.7. The first-order chi connectivity index (χ1) is 9.69. The van der Waals surface area contributed by atoms with Gasteiger partial charge in [0.2, 0.25) is 5.95 Å². The van der Waals surface area contributed by atoms with Crippen LogP contribution in [-0.4, -0.2) is 9.55 Å². The third-order valence-corrected chi connectivity index (χ3v) is 3.36. The smallest absolute Gasteiger partial charge is 0.218 e. The molecule has 0 fully saturated rings. The maximum absolute atomic E-state index is 13.9. The molecule has 1 heterocycles. The number of halogens is 2. The van der Waals surface area contributed by atoms with E-state index in [0.29, 0.717) is 23.1 Å². The molecule has 0 amide bonds. The van der Waals surface area contributed by atoms with Crippen LogP contribution in [0.3, 0.4) is 0 Å². The van der Waals surface area contributed by atoms with E-state index in [1.807, 2.05) is 28.8 Å². The van der Waals surface area contributed by atoms with Gasteiger partial charge in [-0.05, 0) is 24.3 Å². The van der Waals surface area contributed by atoms with Crippen LogP contribution in [0.4, 0.5) is 10.3 Å². The summed E-state index contributed by atoms with van der Waals surface area (Å²) in [6.07, 6.45) is 0. The first-order valence-electron chi connectivity index (χ1n) is 6.05. The number of hydrogen-bond donors (Lipinski definition) is 2. The second-order valence-electron chi connectivity index (χ2n) is 4.39. The average molecular weight is 291 g/mol. The quantitative estimate of drug-likeness (QED) is 0.575. The zero-order valence-corrected chi connectivity index (χ0v) is 11.2. The number of fused-ring (bicyclic) bond motifs is 1. The van der Waals surface area contributed by atoms with Crippen LogP contribution >= 0.6 is 11.6 Å². The fourth-order valence-corrected chi connectivity index (χ4v) is 2.32. The molecule has 0 radical (unpaired) electrons. The number of anilines is 1. The molecule has 1 aromatic heterocycles. The molecule has 20 heavy (non-hydrogen) atoms. The minimum Gasteiger partial charge on any atom is -0.305 e. The summed E-state index contributed by atoms with van der Waals surface area (Å²) in [5.41, 5.74) is 4.75. The molecular weight excluding hydrogens is 279 g/mol. The minimum atomic E-state index is -0.349. The van der Waals surface area contributed by atoms with Crippen LogP contribution in [0.25, 0.3) is 11.0 Å². The first kappa shape index (κ1) is 12.9. The van der Waals surface area contributed by atoms with Crippen molar-refractivity contribution in [3.63, 3.8) is 0 Å². The van der Waals surface area contributed by atoms with Crippen LogP contribution in [0.15, 0.2) is 42.5 Å². The molecule has 6 heteroatoms. The molecule has 0 aliphatic carbocycles. The summed E-state index contributed by atoms with van der Waals surface area (Å²) in [6, 6.07) is 12.2. The zero-order valence-electron chi connectivity index (χ0n) is 10.5. The van der Waals surface area contributed by atoms with Gasteiger partial charge in [-0.15, -0.1) is 0 Å². The Morgan fingerprint density at radius 2 is 2.05 bits per heavy atom. The van der Waals surface area contributed by atoms with E-state index in [1.54, 1.807) is 12.1 Å². The highest BCUT2D eigenvalue weighted by Gasteiger charge is 2.12. The number of imidazole rings is 1. The maximum Gasteiger partial charge on any atom is 0.218 e. The number of nitrogens with zero attached hydrogens (tertiary/aromatic N) is 2. The number of rotatable bonds is 3. The number of benzene rings is 2. The van der Waals surface area contributed by atoms with Crippen molar-refractivity contribution in [1.29, 1.82) is 0 Å². The van der Waals surface area contributed by atoms with E-state index in [4.69, 9.17) is 17.4 Å². The summed E-state index contributed by atoms with van der Waals surface area (Å²) in [4.78, 5) is 4.35. The van der Waals surface area contributed by atoms with Crippen LogP contribution in [0, 0.1) is 5.82 Å². The third kappa shape index (κ3) is 2.21. The number of nitrogen functional groups attached to an aromatic ring is 1. The first-order valence-corrected chi connectivity index (χ1v) is 6.42. The van der Waals surface area contributed by atoms with Crippen LogP contribution < -0.4 is 11.3 Å². The van der Waals surface area contributed by atoms with Crippen molar-refractivity contribution in [2.75, 3.05) is 5.43 Å². The Hall–Kier alpha value is -2.11. The standard InChI is InChI=1S/C14H12ClFN4/c15-10-6-5-9(11(16)7-10)8-20-13-4-2-1-3-12(13)18-14(20)19-17/h1-7H,8,17H2,(H,18,19). The van der Waals surface area contributed by atoms with Crippen molar-refractivity contribution < 1.29 is 4.39 Å². The summed E-state index contributed by atoms with van der Waals surface area (Å²) >= 11 is 5.76. The number of nitrogens with two attached hydrogens (primary N) is 1. The maximum atomic E-state index is 13.9. The molecule has 0 spiro atoms. The highest BCUT2D eigenvalue weighted by Crippen LogP contribution is 2.22. The molecule has 4 nitrogen and oxygen atoms in total. The van der Waals surface area contributed by atoms with Gasteiger partial charge in [0.05, 0.1) is 17.6 Å². The van der Waals surface area contributed by atoms with Crippen molar-refractivity contribution in [1.82, 2.24) is 9.55 Å². The van der Waals surface area contributed by atoms with E-state index in [-0.39, 0.29) is 5.82 Å². The lowest BCUT2D eigenvalue weighted by Gasteiger charge is -2.09. The van der Waals surface area contributed by atoms with E-state index >= 15 is 0 Å². The fourth-order valence-electron chi connectivity index (χ4n) is 2.17. The third-order valence-electron chi connectivity index (χ3n) is 3.13. The average Bonchev–Trinajstić information content (AvgIpc) is 2.80. The molecule has 2 aromatic carbocycles. The highest BCUT2D eigenvalue weighted by atomic mass is 35.5. The Morgan fingerprint density at radius 3 is 2.80 bits per heavy atom. The second-order valence-corrected chi connectivity index (χ2v) is 4.83. The van der Waals surface area contributed by atoms with Gasteiger partial charge in [-0.2, -0.15) is 0 Å². The Morgan fingerprint density at radius 1 is 1.25 bits per heavy atom. The van der Waals surface area contributed by atoms with E-state index in [2.05, 4.69) is 10.4 Å². The number of hydrogen-bond acceptors (Lipinski definition) is 3. The molecule has 102 valence electrons. The summed E-state index contributed by atoms with van der Waals surface area (Å²) in [5, 5.41) is 0.374. The highest BCUT2D eigenvalue weighted by molar-refractivity contribution is 6.30. The lowest BCUT2D eigenvalue weighted by atomic mass is 10.2. The molecular formula is C14H12ClFN4. The fraction of sp³-hybridized carbons (Fsp3) is 0.0714. The predicted molar refractivity (Wildman–Crippen MR) is 78.1 cm³/mol. The molecule has 0 aliphatic heterocycles. The number of aromatic nitrogens is 2. The van der Waals surface area contributed by atoms with Crippen molar-refractivity contribution in [2.24, 2.45) is 5.84 Å². The topological polar surface area (TPSA) is 55.9 Å². The van der Waals surface area contributed by atoms with E-state index in [9.17, 15) is 4.39 Å². The zero-order chi connectivity index (χ0) is 14.1. The van der Waals surface area contributed by atoms with Crippen LogP contribution in [0.2, 0.25) is 5.02 Å². The summed E-state index contributed by atoms with van der Waals surface area (Å²) in [7, 11) is 0. The molecule has 3 aromatic rings. The van der Waals surface area contributed by atoms with Gasteiger partial charge >= 0.3 is 0 Å². The molecule has 0 atom stereocenters. The van der Waals surface area contributed by atoms with Crippen LogP contribution in [0.5, 0.6) is 0 Å². The lowest BCUT2D eigenvalue weighted by molar-refractivity contribution is 0.602. The lowest BCUT2D eigenvalue weighted by Crippen LogP contribution is -2.14. The minimum absolute atomic E-state index is 0.322. The van der Waals surface area contributed by atoms with Gasteiger partial charge in [0.1, 0.15) is 5.82 Å². The number of nitrogens with one attached hydrogen (secondary N) is 1. The normalized spacial score (nSPS) is 10.9. The largest absolute Gasteiger partial charge is 0.305 e. The van der Waals surface area contributed by atoms with E-state index in [1.165, 1.54) is 6.07 Å². The van der Waals surface area contributed by atoms with Gasteiger partial charge in [0.15, 0.2) is 0 Å². The van der Waals surface area contributed by atoms with Gasteiger partial charge in [0, 0.05) is 10.6 Å². The van der Waals surface area contributed by atoms with Crippen molar-refractivity contribution >= 4 is 28.6 Å². The number of hydrazine groups is 1. The molecule has 0 saturated carbocycles. The Balaban J connectivity index is 2.09. The molecule has 3 N–H and O–H groups in total. The number of para-hydroxylation sites is 2. The monoisotopic (exact) mass is 290 g/mol. The van der Waals surface area contributed by atoms with Crippen molar-refractivity contribution in [3.05, 3.63) is 58.9 Å². The van der Waals surface area contributed by atoms with E-state index in [0.717, 1.165) is 11.0 Å². The molecule has 0 unspecified atom stereocenters. The van der Waals surface area contributed by atoms with Gasteiger partial charge in [-0.3, -0.25) is 5.43 Å². The Kier molecular flexibility index (Phi) is 3.30. The molecule has 0 saturated heterocycles. The van der Waals surface area contributed by atoms with Gasteiger partial charge in [0.25, 0.3) is 0 Å². The summed E-state index contributed by atoms with van der Waals surface area (Å²) in [5.74, 6) is 5.62. The van der Waals surface area contributed by atoms with Gasteiger partial charge in [-0.25, -0.2) is 15.2 Å². The van der Waals surface area contributed by atoms with Crippen molar-refractivity contribution in [2.45, 2.75) is 6.54 Å². The Labute approximate surface area is 120 Å². The van der Waals surface area contributed by atoms with Crippen LogP contribution in [0.1, 0.15) is 5.56 Å². The van der Waals surface area contributed by atoms with Gasteiger partial charge < -0.3 is 4.57 Å². The summed E-state index contributed by atoms with van der Waals surface area (Å²) in [6.45, 7) is 0.322. The SMILES string of the molecule is NNc1nc2ccccc2n1Cc1ccc(Cl)cc1F. The van der Waals surface area contributed by atoms with E-state index < -0.39 is 0 Å². The molecule has 0 aliphatic rings. The Bertz CT molecular complexity index is 769. The predicted octanol–water partition coefficient (Wildman–Crippen LogP) is 3.16.